The van der Waals surface area contributed by atoms with E-state index >= 15 is 0 Å². The summed E-state index contributed by atoms with van der Waals surface area (Å²) in [5, 5.41) is 0. The van der Waals surface area contributed by atoms with E-state index in [1.165, 1.54) is 19.6 Å². The molecule has 2 aromatic rings. The first-order valence-electron chi connectivity index (χ1n) is 5.67. The number of esters is 1. The van der Waals surface area contributed by atoms with Crippen LogP contribution in [0.5, 0.6) is 0 Å². The quantitative estimate of drug-likeness (QED) is 0.764. The molecule has 5 heteroatoms. The molecule has 0 aliphatic heterocycles. The minimum absolute atomic E-state index is 0.392. The van der Waals surface area contributed by atoms with Crippen LogP contribution in [-0.4, -0.2) is 23.0 Å². The van der Waals surface area contributed by atoms with Crippen molar-refractivity contribution in [2.24, 2.45) is 0 Å². The van der Waals surface area contributed by atoms with Gasteiger partial charge in [-0.1, -0.05) is 13.8 Å². The molecule has 5 nitrogen and oxygen atoms in total. The minimum atomic E-state index is -0.410. The lowest BCUT2D eigenvalue weighted by Crippen LogP contribution is -2.01. The second kappa shape index (κ2) is 6.54. The van der Waals surface area contributed by atoms with Crippen LogP contribution in [-0.2, 0) is 4.74 Å². The fourth-order valence-electron chi connectivity index (χ4n) is 1.26. The number of rotatable bonds is 2. The molecule has 2 heterocycles. The van der Waals surface area contributed by atoms with Crippen molar-refractivity contribution in [2.45, 2.75) is 20.8 Å². The first-order valence-corrected chi connectivity index (χ1v) is 5.67. The molecule has 2 aromatic heterocycles. The van der Waals surface area contributed by atoms with Crippen molar-refractivity contribution in [3.8, 4) is 11.6 Å². The summed E-state index contributed by atoms with van der Waals surface area (Å²) in [6, 6.07) is 3.15. The van der Waals surface area contributed by atoms with E-state index in [0.717, 1.165) is 5.69 Å². The average Bonchev–Trinajstić information content (AvgIpc) is 2.87. The van der Waals surface area contributed by atoms with Gasteiger partial charge in [-0.05, 0) is 19.1 Å². The van der Waals surface area contributed by atoms with Crippen molar-refractivity contribution in [3.05, 3.63) is 35.9 Å². The van der Waals surface area contributed by atoms with Crippen LogP contribution in [0.2, 0.25) is 0 Å². The summed E-state index contributed by atoms with van der Waals surface area (Å²) in [7, 11) is 1.33. The molecule has 0 aromatic carbocycles. The summed E-state index contributed by atoms with van der Waals surface area (Å²) in [4.78, 5) is 19.5. The van der Waals surface area contributed by atoms with Gasteiger partial charge in [0.2, 0.25) is 5.89 Å². The molecular weight excluding hydrogens is 232 g/mol. The first kappa shape index (κ1) is 13.9. The number of carbonyl (C=O) groups is 1. The molecule has 2 rings (SSSR count). The monoisotopic (exact) mass is 248 g/mol. The van der Waals surface area contributed by atoms with Crippen LogP contribution in [0.4, 0.5) is 0 Å². The minimum Gasteiger partial charge on any atom is -0.465 e. The number of oxazole rings is 1. The van der Waals surface area contributed by atoms with Crippen molar-refractivity contribution in [1.82, 2.24) is 9.97 Å². The highest BCUT2D eigenvalue weighted by Crippen LogP contribution is 2.17. The summed E-state index contributed by atoms with van der Waals surface area (Å²) < 4.78 is 9.81. The number of hydrogen-bond acceptors (Lipinski definition) is 5. The van der Waals surface area contributed by atoms with Gasteiger partial charge in [0.25, 0.3) is 0 Å². The molecular formula is C13H16N2O3. The third kappa shape index (κ3) is 3.16. The van der Waals surface area contributed by atoms with Gasteiger partial charge in [-0.25, -0.2) is 9.78 Å². The van der Waals surface area contributed by atoms with E-state index < -0.39 is 5.97 Å². The van der Waals surface area contributed by atoms with Gasteiger partial charge >= 0.3 is 5.97 Å². The molecule has 0 atom stereocenters. The Morgan fingerprint density at radius 3 is 2.67 bits per heavy atom. The predicted octanol–water partition coefficient (Wildman–Crippen LogP) is 2.86. The van der Waals surface area contributed by atoms with Gasteiger partial charge in [0.1, 0.15) is 12.0 Å². The number of aromatic nitrogens is 2. The molecule has 0 aliphatic rings. The van der Waals surface area contributed by atoms with Crippen LogP contribution in [0.3, 0.4) is 0 Å². The molecule has 0 aliphatic carbocycles. The van der Waals surface area contributed by atoms with Crippen molar-refractivity contribution < 1.29 is 13.9 Å². The summed E-state index contributed by atoms with van der Waals surface area (Å²) in [5.74, 6) is -0.0184. The summed E-state index contributed by atoms with van der Waals surface area (Å²) in [6.07, 6.45) is 3.04. The smallest absolute Gasteiger partial charge is 0.337 e. The van der Waals surface area contributed by atoms with Crippen molar-refractivity contribution in [3.63, 3.8) is 0 Å². The molecule has 0 bridgehead atoms. The second-order valence-electron chi connectivity index (χ2n) is 3.22. The number of methoxy groups -OCH3 is 1. The molecule has 96 valence electrons. The molecule has 0 spiro atoms. The van der Waals surface area contributed by atoms with E-state index in [-0.39, 0.29) is 0 Å². The SMILES string of the molecule is CC.COC(=O)c1ccnc(-c2nc(C)co2)c1. The fourth-order valence-corrected chi connectivity index (χ4v) is 1.26. The molecule has 0 saturated heterocycles. The Hall–Kier alpha value is -2.17. The third-order valence-corrected chi connectivity index (χ3v) is 2.02. The fraction of sp³-hybridized carbons (Fsp3) is 0.308. The topological polar surface area (TPSA) is 65.2 Å². The number of aryl methyl sites for hydroxylation is 1. The van der Waals surface area contributed by atoms with Gasteiger partial charge in [0.05, 0.1) is 18.4 Å². The van der Waals surface area contributed by atoms with Crippen molar-refractivity contribution in [1.29, 1.82) is 0 Å². The Morgan fingerprint density at radius 2 is 2.11 bits per heavy atom. The third-order valence-electron chi connectivity index (χ3n) is 2.02. The van der Waals surface area contributed by atoms with Gasteiger partial charge < -0.3 is 9.15 Å². The van der Waals surface area contributed by atoms with Crippen molar-refractivity contribution >= 4 is 5.97 Å². The molecule has 0 fully saturated rings. The van der Waals surface area contributed by atoms with Crippen LogP contribution in [0.15, 0.2) is 29.0 Å². The lowest BCUT2D eigenvalue weighted by atomic mass is 10.2. The Kier molecular flexibility index (Phi) is 5.05. The summed E-state index contributed by atoms with van der Waals surface area (Å²) in [6.45, 7) is 5.82. The molecule has 0 amide bonds. The lowest BCUT2D eigenvalue weighted by molar-refractivity contribution is 0.0600. The van der Waals surface area contributed by atoms with E-state index in [0.29, 0.717) is 17.1 Å². The van der Waals surface area contributed by atoms with E-state index in [4.69, 9.17) is 4.42 Å². The van der Waals surface area contributed by atoms with Crippen LogP contribution < -0.4 is 0 Å². The number of ether oxygens (including phenoxy) is 1. The Morgan fingerprint density at radius 1 is 1.39 bits per heavy atom. The molecule has 0 N–H and O–H groups in total. The van der Waals surface area contributed by atoms with Gasteiger partial charge in [0.15, 0.2) is 0 Å². The van der Waals surface area contributed by atoms with Gasteiger partial charge in [-0.3, -0.25) is 4.98 Å². The lowest BCUT2D eigenvalue weighted by Gasteiger charge is -1.99. The highest BCUT2D eigenvalue weighted by Gasteiger charge is 2.10. The van der Waals surface area contributed by atoms with Crippen molar-refractivity contribution in [2.75, 3.05) is 7.11 Å². The second-order valence-corrected chi connectivity index (χ2v) is 3.22. The van der Waals surface area contributed by atoms with E-state index in [1.54, 1.807) is 12.1 Å². The average molecular weight is 248 g/mol. The van der Waals surface area contributed by atoms with E-state index in [2.05, 4.69) is 14.7 Å². The Labute approximate surface area is 106 Å². The first-order chi connectivity index (χ1) is 8.70. The number of nitrogens with zero attached hydrogens (tertiary/aromatic N) is 2. The van der Waals surface area contributed by atoms with E-state index in [9.17, 15) is 4.79 Å². The zero-order chi connectivity index (χ0) is 13.5. The van der Waals surface area contributed by atoms with Crippen LogP contribution in [0.25, 0.3) is 11.6 Å². The van der Waals surface area contributed by atoms with Crippen LogP contribution in [0.1, 0.15) is 29.9 Å². The maximum Gasteiger partial charge on any atom is 0.337 e. The largest absolute Gasteiger partial charge is 0.465 e. The molecule has 18 heavy (non-hydrogen) atoms. The highest BCUT2D eigenvalue weighted by atomic mass is 16.5. The normalized spacial score (nSPS) is 9.33. The van der Waals surface area contributed by atoms with E-state index in [1.807, 2.05) is 20.8 Å². The van der Waals surface area contributed by atoms with Gasteiger partial charge in [-0.15, -0.1) is 0 Å². The zero-order valence-electron chi connectivity index (χ0n) is 10.9. The predicted molar refractivity (Wildman–Crippen MR) is 67.2 cm³/mol. The standard InChI is InChI=1S/C11H10N2O3.C2H6/c1-7-6-16-10(13-7)9-5-8(3-4-12-9)11(14)15-2;1-2/h3-6H,1-2H3;1-2H3. The maximum absolute atomic E-state index is 11.3. The maximum atomic E-state index is 11.3. The van der Waals surface area contributed by atoms with Gasteiger partial charge in [-0.2, -0.15) is 0 Å². The summed E-state index contributed by atoms with van der Waals surface area (Å²) >= 11 is 0. The number of pyridine rings is 1. The molecule has 0 saturated carbocycles. The Balaban J connectivity index is 0.000000771. The van der Waals surface area contributed by atoms with Crippen LogP contribution >= 0.6 is 0 Å². The molecule has 0 unspecified atom stereocenters. The highest BCUT2D eigenvalue weighted by molar-refractivity contribution is 5.90. The number of carbonyl (C=O) groups excluding carboxylic acids is 1. The number of hydrogen-bond donors (Lipinski definition) is 0. The van der Waals surface area contributed by atoms with Crippen LogP contribution in [0, 0.1) is 6.92 Å². The van der Waals surface area contributed by atoms with Gasteiger partial charge in [0, 0.05) is 6.20 Å². The molecule has 0 radical (unpaired) electrons. The Bertz CT molecular complexity index is 520. The zero-order valence-corrected chi connectivity index (χ0v) is 10.9. The summed E-state index contributed by atoms with van der Waals surface area (Å²) in [5.41, 5.74) is 1.69.